The summed E-state index contributed by atoms with van der Waals surface area (Å²) in [6.07, 6.45) is -0.632. The van der Waals surface area contributed by atoms with E-state index in [2.05, 4.69) is 0 Å². The molecule has 0 rings (SSSR count). The molecule has 0 aromatic heterocycles. The Morgan fingerprint density at radius 3 is 1.50 bits per heavy atom. The van der Waals surface area contributed by atoms with E-state index in [4.69, 9.17) is 24.6 Å². The van der Waals surface area contributed by atoms with Crippen molar-refractivity contribution in [3.8, 4) is 0 Å². The Morgan fingerprint density at radius 1 is 1.14 bits per heavy atom. The van der Waals surface area contributed by atoms with Crippen LogP contribution in [0.1, 0.15) is 13.8 Å². The third-order valence-electron chi connectivity index (χ3n) is 1.15. The maximum atomic E-state index is 8.91. The topological polar surface area (TPSA) is 101 Å². The molecular weight excluding hydrogens is 209 g/mol. The summed E-state index contributed by atoms with van der Waals surface area (Å²) < 4.78 is 8.70. The number of aliphatic hydroxyl groups excluding tert-OH is 2. The minimum Gasteiger partial charge on any atom is -0.392 e. The molecule has 0 aliphatic heterocycles. The molecular formula is C7H19NO5P+. The Kier molecular flexibility index (Phi) is 11.0. The summed E-state index contributed by atoms with van der Waals surface area (Å²) in [5.74, 6) is 0. The number of likely N-dealkylation sites (N-methyl/N-ethyl adjacent to an activating group) is 1. The summed E-state index contributed by atoms with van der Waals surface area (Å²) >= 11 is 0. The molecule has 0 spiro atoms. The molecule has 0 saturated carbocycles. The summed E-state index contributed by atoms with van der Waals surface area (Å²) in [7, 11) is -0.996. The van der Waals surface area contributed by atoms with Gasteiger partial charge < -0.3 is 15.1 Å². The van der Waals surface area contributed by atoms with Gasteiger partial charge in [0.15, 0.2) is 0 Å². The van der Waals surface area contributed by atoms with E-state index in [1.807, 2.05) is 11.9 Å². The zero-order valence-electron chi connectivity index (χ0n) is 8.66. The van der Waals surface area contributed by atoms with E-state index >= 15 is 0 Å². The lowest BCUT2D eigenvalue weighted by Gasteiger charge is -2.19. The second-order valence-corrected chi connectivity index (χ2v) is 3.68. The van der Waals surface area contributed by atoms with Gasteiger partial charge in [-0.15, -0.1) is 9.79 Å². The molecule has 0 radical (unpaired) electrons. The van der Waals surface area contributed by atoms with E-state index in [1.54, 1.807) is 13.8 Å². The lowest BCUT2D eigenvalue weighted by Crippen LogP contribution is -2.32. The second kappa shape index (κ2) is 9.45. The average molecular weight is 228 g/mol. The van der Waals surface area contributed by atoms with Crippen molar-refractivity contribution in [1.82, 2.24) is 4.90 Å². The second-order valence-electron chi connectivity index (χ2n) is 3.17. The Labute approximate surface area is 84.7 Å². The minimum absolute atomic E-state index is 0.316. The molecule has 2 unspecified atom stereocenters. The molecule has 0 fully saturated rings. The Morgan fingerprint density at radius 2 is 1.36 bits per heavy atom. The molecule has 0 saturated heterocycles. The van der Waals surface area contributed by atoms with E-state index in [-0.39, 0.29) is 12.2 Å². The summed E-state index contributed by atoms with van der Waals surface area (Å²) in [5, 5.41) is 17.8. The van der Waals surface area contributed by atoms with Crippen LogP contribution in [0, 0.1) is 0 Å². The van der Waals surface area contributed by atoms with Gasteiger partial charge in [0.05, 0.1) is 12.2 Å². The van der Waals surface area contributed by atoms with Crippen molar-refractivity contribution in [3.63, 3.8) is 0 Å². The van der Waals surface area contributed by atoms with Crippen molar-refractivity contribution in [2.24, 2.45) is 0 Å². The van der Waals surface area contributed by atoms with Crippen LogP contribution < -0.4 is 0 Å². The highest BCUT2D eigenvalue weighted by Crippen LogP contribution is 1.98. The number of rotatable bonds is 4. The fourth-order valence-corrected chi connectivity index (χ4v) is 0.977. The van der Waals surface area contributed by atoms with Gasteiger partial charge >= 0.3 is 8.25 Å². The zero-order chi connectivity index (χ0) is 11.7. The molecule has 86 valence electrons. The highest BCUT2D eigenvalue weighted by Gasteiger charge is 2.04. The normalized spacial score (nSPS) is 14.3. The van der Waals surface area contributed by atoms with Crippen LogP contribution >= 0.6 is 8.25 Å². The highest BCUT2D eigenvalue weighted by molar-refractivity contribution is 7.30. The number of nitrogens with zero attached hydrogens (tertiary/aromatic N) is 1. The maximum absolute atomic E-state index is 8.91. The number of hydrogen-bond acceptors (Lipinski definition) is 4. The lowest BCUT2D eigenvalue weighted by molar-refractivity contribution is 0.0990. The average Bonchev–Trinajstić information content (AvgIpc) is 1.79. The van der Waals surface area contributed by atoms with Crippen molar-refractivity contribution < 1.29 is 24.6 Å². The molecule has 4 N–H and O–H groups in total. The first kappa shape index (κ1) is 16.3. The Balaban J connectivity index is 0. The quantitative estimate of drug-likeness (QED) is 0.475. The fourth-order valence-electron chi connectivity index (χ4n) is 0.977. The molecule has 0 aromatic rings. The summed E-state index contributed by atoms with van der Waals surface area (Å²) in [5.41, 5.74) is 0. The summed E-state index contributed by atoms with van der Waals surface area (Å²) in [6.45, 7) is 4.70. The first-order chi connectivity index (χ1) is 6.25. The van der Waals surface area contributed by atoms with E-state index < -0.39 is 8.25 Å². The van der Waals surface area contributed by atoms with E-state index in [1.165, 1.54) is 0 Å². The number of aliphatic hydroxyl groups is 2. The smallest absolute Gasteiger partial charge is 0.392 e. The number of hydrogen-bond donors (Lipinski definition) is 4. The molecule has 6 nitrogen and oxygen atoms in total. The standard InChI is InChI=1S/C7H17NO2.HO3P/c1-6(9)4-8(3)5-7(2)10;1-4(2)3/h6-7,9-10H,4-5H2,1-3H3;(H-,1,2,3)/p+1. The van der Waals surface area contributed by atoms with Gasteiger partial charge in [-0.05, 0) is 20.9 Å². The van der Waals surface area contributed by atoms with Crippen LogP contribution in [-0.4, -0.2) is 57.2 Å². The molecule has 0 bridgehead atoms. The van der Waals surface area contributed by atoms with Crippen LogP contribution in [0.25, 0.3) is 0 Å². The van der Waals surface area contributed by atoms with Crippen LogP contribution in [0.2, 0.25) is 0 Å². The van der Waals surface area contributed by atoms with Gasteiger partial charge in [0.25, 0.3) is 0 Å². The molecule has 0 aliphatic carbocycles. The first-order valence-electron chi connectivity index (χ1n) is 4.15. The zero-order valence-corrected chi connectivity index (χ0v) is 9.55. The predicted molar refractivity (Wildman–Crippen MR) is 52.9 cm³/mol. The van der Waals surface area contributed by atoms with Crippen LogP contribution in [-0.2, 0) is 4.57 Å². The highest BCUT2D eigenvalue weighted by atomic mass is 31.1. The van der Waals surface area contributed by atoms with Crippen molar-refractivity contribution in [2.75, 3.05) is 20.1 Å². The van der Waals surface area contributed by atoms with Gasteiger partial charge in [-0.2, -0.15) is 0 Å². The van der Waals surface area contributed by atoms with Gasteiger partial charge in [-0.1, -0.05) is 0 Å². The predicted octanol–water partition coefficient (Wildman–Crippen LogP) is -0.692. The van der Waals surface area contributed by atoms with Crippen LogP contribution in [0.3, 0.4) is 0 Å². The Bertz CT molecular complexity index is 139. The molecule has 0 aromatic carbocycles. The summed E-state index contributed by atoms with van der Waals surface area (Å²) in [6, 6.07) is 0. The van der Waals surface area contributed by atoms with Gasteiger partial charge in [-0.25, -0.2) is 0 Å². The molecule has 2 atom stereocenters. The third kappa shape index (κ3) is 22.7. The van der Waals surface area contributed by atoms with Crippen molar-refractivity contribution in [3.05, 3.63) is 0 Å². The summed E-state index contributed by atoms with van der Waals surface area (Å²) in [4.78, 5) is 16.1. The molecule has 7 heteroatoms. The van der Waals surface area contributed by atoms with Gasteiger partial charge in [-0.3, -0.25) is 0 Å². The SMILES string of the molecule is CC(O)CN(C)CC(C)O.O=[P+](O)O. The van der Waals surface area contributed by atoms with Crippen molar-refractivity contribution in [2.45, 2.75) is 26.1 Å². The molecule has 0 heterocycles. The molecule has 14 heavy (non-hydrogen) atoms. The van der Waals surface area contributed by atoms with Gasteiger partial charge in [0, 0.05) is 17.7 Å². The van der Waals surface area contributed by atoms with E-state index in [0.717, 1.165) is 0 Å². The van der Waals surface area contributed by atoms with Gasteiger partial charge in [0.1, 0.15) is 0 Å². The van der Waals surface area contributed by atoms with Crippen molar-refractivity contribution in [1.29, 1.82) is 0 Å². The molecule has 0 aliphatic rings. The van der Waals surface area contributed by atoms with Crippen LogP contribution in [0.15, 0.2) is 0 Å². The van der Waals surface area contributed by atoms with Crippen LogP contribution in [0.4, 0.5) is 0 Å². The minimum atomic E-state index is -2.87. The first-order valence-corrected chi connectivity index (χ1v) is 5.31. The lowest BCUT2D eigenvalue weighted by atomic mass is 10.3. The van der Waals surface area contributed by atoms with E-state index in [0.29, 0.717) is 13.1 Å². The third-order valence-corrected chi connectivity index (χ3v) is 1.15. The Hall–Kier alpha value is -0.100. The van der Waals surface area contributed by atoms with Crippen molar-refractivity contribution >= 4 is 8.25 Å². The van der Waals surface area contributed by atoms with Crippen LogP contribution in [0.5, 0.6) is 0 Å². The molecule has 0 amide bonds. The monoisotopic (exact) mass is 228 g/mol. The van der Waals surface area contributed by atoms with Gasteiger partial charge in [0.2, 0.25) is 0 Å². The van der Waals surface area contributed by atoms with E-state index in [9.17, 15) is 0 Å². The largest absolute Gasteiger partial charge is 0.692 e. The fraction of sp³-hybridized carbons (Fsp3) is 1.00. The maximum Gasteiger partial charge on any atom is 0.692 e.